The lowest BCUT2D eigenvalue weighted by atomic mass is 9.96. The van der Waals surface area contributed by atoms with Crippen molar-refractivity contribution in [1.82, 2.24) is 9.97 Å². The lowest BCUT2D eigenvalue weighted by Gasteiger charge is -2.24. The van der Waals surface area contributed by atoms with Gasteiger partial charge in [-0.3, -0.25) is 4.72 Å². The van der Waals surface area contributed by atoms with E-state index in [9.17, 15) is 31.1 Å². The number of aliphatic hydroxyl groups is 1. The third-order valence-electron chi connectivity index (χ3n) is 6.04. The predicted octanol–water partition coefficient (Wildman–Crippen LogP) is 5.02. The standard InChI is InChI=1S/C25H26F4N4O3S/c26-18-10-9-17-6-2-1-3-13-33(14-5-15-34)22-7-4-8-23(31-22)37(35,36)32-21-12-11-20(25(27,28)29)24(30-21)19(17)16-18/h4,7-12,16,34H,1-3,5-6,13-15H2,(H,30,32). The van der Waals surface area contributed by atoms with Crippen LogP contribution in [0.25, 0.3) is 11.3 Å². The lowest BCUT2D eigenvalue weighted by molar-refractivity contribution is -0.137. The van der Waals surface area contributed by atoms with Crippen LogP contribution >= 0.6 is 0 Å². The van der Waals surface area contributed by atoms with E-state index in [1.54, 1.807) is 6.07 Å². The van der Waals surface area contributed by atoms with E-state index in [0.717, 1.165) is 18.2 Å². The first-order valence-electron chi connectivity index (χ1n) is 11.8. The second-order valence-corrected chi connectivity index (χ2v) is 10.3. The Balaban J connectivity index is 1.85. The zero-order valence-corrected chi connectivity index (χ0v) is 20.6. The zero-order chi connectivity index (χ0) is 26.6. The highest BCUT2D eigenvalue weighted by molar-refractivity contribution is 7.92. The molecule has 0 spiro atoms. The highest BCUT2D eigenvalue weighted by atomic mass is 32.2. The molecule has 4 rings (SSSR count). The molecular weight excluding hydrogens is 512 g/mol. The second-order valence-electron chi connectivity index (χ2n) is 8.71. The van der Waals surface area contributed by atoms with Gasteiger partial charge in [0.25, 0.3) is 10.0 Å². The van der Waals surface area contributed by atoms with Crippen LogP contribution in [0, 0.1) is 5.82 Å². The third-order valence-corrected chi connectivity index (χ3v) is 7.29. The van der Waals surface area contributed by atoms with E-state index in [0.29, 0.717) is 56.6 Å². The monoisotopic (exact) mass is 538 g/mol. The van der Waals surface area contributed by atoms with Crippen molar-refractivity contribution in [3.05, 3.63) is 65.5 Å². The van der Waals surface area contributed by atoms with Crippen molar-refractivity contribution in [3.8, 4) is 11.3 Å². The number of fused-ring (bicyclic) bond motifs is 6. The fourth-order valence-electron chi connectivity index (χ4n) is 4.25. The van der Waals surface area contributed by atoms with Crippen molar-refractivity contribution in [2.45, 2.75) is 43.3 Å². The van der Waals surface area contributed by atoms with E-state index in [-0.39, 0.29) is 23.0 Å². The summed E-state index contributed by atoms with van der Waals surface area (Å²) in [6.45, 7) is 0.969. The van der Waals surface area contributed by atoms with Gasteiger partial charge in [-0.05, 0) is 67.6 Å². The molecule has 0 aliphatic carbocycles. The first-order chi connectivity index (χ1) is 17.6. The first kappa shape index (κ1) is 26.8. The molecule has 3 heterocycles. The number of aromatic nitrogens is 2. The van der Waals surface area contributed by atoms with Gasteiger partial charge in [0.2, 0.25) is 0 Å². The largest absolute Gasteiger partial charge is 0.418 e. The number of aryl methyl sites for hydroxylation is 1. The molecule has 2 aromatic heterocycles. The number of anilines is 2. The van der Waals surface area contributed by atoms with Gasteiger partial charge in [0, 0.05) is 25.3 Å². The highest BCUT2D eigenvalue weighted by Crippen LogP contribution is 2.39. The van der Waals surface area contributed by atoms with Gasteiger partial charge in [-0.25, -0.2) is 14.4 Å². The van der Waals surface area contributed by atoms with Crippen LogP contribution in [-0.4, -0.2) is 43.2 Å². The van der Waals surface area contributed by atoms with Crippen LogP contribution in [0.4, 0.5) is 29.2 Å². The first-order valence-corrected chi connectivity index (χ1v) is 13.3. The maximum absolute atomic E-state index is 14.2. The van der Waals surface area contributed by atoms with E-state index in [2.05, 4.69) is 14.7 Å². The quantitative estimate of drug-likeness (QED) is 0.455. The van der Waals surface area contributed by atoms with Gasteiger partial charge in [-0.15, -0.1) is 0 Å². The van der Waals surface area contributed by atoms with Gasteiger partial charge in [-0.1, -0.05) is 18.6 Å². The number of nitrogens with zero attached hydrogens (tertiary/aromatic N) is 3. The van der Waals surface area contributed by atoms with Crippen molar-refractivity contribution in [2.24, 2.45) is 0 Å². The van der Waals surface area contributed by atoms with Crippen molar-refractivity contribution in [2.75, 3.05) is 29.3 Å². The molecule has 7 nitrogen and oxygen atoms in total. The fourth-order valence-corrected chi connectivity index (χ4v) is 5.22. The number of alkyl halides is 3. The molecule has 1 aliphatic rings. The van der Waals surface area contributed by atoms with E-state index < -0.39 is 33.3 Å². The van der Waals surface area contributed by atoms with E-state index in [4.69, 9.17) is 0 Å². The topological polar surface area (TPSA) is 95.4 Å². The minimum Gasteiger partial charge on any atom is -0.396 e. The number of nitrogens with one attached hydrogen (secondary N) is 1. The van der Waals surface area contributed by atoms with E-state index >= 15 is 0 Å². The van der Waals surface area contributed by atoms with Gasteiger partial charge < -0.3 is 10.0 Å². The fraction of sp³-hybridized carbons (Fsp3) is 0.360. The molecule has 4 bridgehead atoms. The van der Waals surface area contributed by atoms with Crippen LogP contribution in [0.1, 0.15) is 36.8 Å². The highest BCUT2D eigenvalue weighted by Gasteiger charge is 2.35. The predicted molar refractivity (Wildman–Crippen MR) is 131 cm³/mol. The number of pyridine rings is 2. The molecular formula is C25H26F4N4O3S. The van der Waals surface area contributed by atoms with Crippen molar-refractivity contribution in [3.63, 3.8) is 0 Å². The molecule has 0 unspecified atom stereocenters. The molecule has 0 radical (unpaired) electrons. The maximum Gasteiger partial charge on any atom is 0.418 e. The molecule has 0 saturated carbocycles. The summed E-state index contributed by atoms with van der Waals surface area (Å²) in [5.41, 5.74) is -1.20. The summed E-state index contributed by atoms with van der Waals surface area (Å²) in [6.07, 6.45) is -1.90. The molecule has 2 N–H and O–H groups in total. The van der Waals surface area contributed by atoms with Crippen LogP contribution in [-0.2, 0) is 22.6 Å². The minimum atomic E-state index is -4.79. The van der Waals surface area contributed by atoms with Crippen molar-refractivity contribution >= 4 is 21.7 Å². The Hall–Kier alpha value is -3.25. The molecule has 0 fully saturated rings. The van der Waals surface area contributed by atoms with Gasteiger partial charge in [-0.2, -0.15) is 21.6 Å². The van der Waals surface area contributed by atoms with Crippen LogP contribution < -0.4 is 9.62 Å². The van der Waals surface area contributed by atoms with Crippen LogP contribution in [0.5, 0.6) is 0 Å². The number of rotatable bonds is 3. The summed E-state index contributed by atoms with van der Waals surface area (Å²) < 4.78 is 84.3. The average Bonchev–Trinajstić information content (AvgIpc) is 2.85. The molecule has 37 heavy (non-hydrogen) atoms. The molecule has 198 valence electrons. The lowest BCUT2D eigenvalue weighted by Crippen LogP contribution is -2.28. The Kier molecular flexibility index (Phi) is 7.98. The van der Waals surface area contributed by atoms with Crippen LogP contribution in [0.2, 0.25) is 0 Å². The number of sulfonamides is 1. The summed E-state index contributed by atoms with van der Waals surface area (Å²) in [5, 5.41) is 8.95. The molecule has 0 atom stereocenters. The minimum absolute atomic E-state index is 0.0364. The Bertz CT molecular complexity index is 1370. The normalized spacial score (nSPS) is 16.1. The smallest absolute Gasteiger partial charge is 0.396 e. The molecule has 0 saturated heterocycles. The number of hydrogen-bond donors (Lipinski definition) is 2. The SMILES string of the molecule is O=S1(=O)Nc2ccc(C(F)(F)F)c(n2)-c2cc(F)ccc2CCCCCN(CCCO)c2cccc1n2. The summed E-state index contributed by atoms with van der Waals surface area (Å²) in [7, 11) is -4.32. The Labute approximate surface area is 212 Å². The van der Waals surface area contributed by atoms with Crippen molar-refractivity contribution < 1.29 is 31.1 Å². The second kappa shape index (κ2) is 11.0. The number of halogens is 4. The van der Waals surface area contributed by atoms with Gasteiger partial charge in [0.1, 0.15) is 17.5 Å². The molecule has 1 aromatic carbocycles. The molecule has 3 aromatic rings. The average molecular weight is 539 g/mol. The third kappa shape index (κ3) is 6.37. The summed E-state index contributed by atoms with van der Waals surface area (Å²) in [6, 6.07) is 9.74. The summed E-state index contributed by atoms with van der Waals surface area (Å²) >= 11 is 0. The molecule has 12 heteroatoms. The van der Waals surface area contributed by atoms with Crippen molar-refractivity contribution in [1.29, 1.82) is 0 Å². The summed E-state index contributed by atoms with van der Waals surface area (Å²) in [5.74, 6) is -0.672. The van der Waals surface area contributed by atoms with Crippen LogP contribution in [0.3, 0.4) is 0 Å². The molecule has 1 aliphatic heterocycles. The Morgan fingerprint density at radius 3 is 2.59 bits per heavy atom. The number of benzene rings is 1. The van der Waals surface area contributed by atoms with Gasteiger partial charge in [0.05, 0.1) is 11.3 Å². The zero-order valence-electron chi connectivity index (χ0n) is 19.8. The van der Waals surface area contributed by atoms with E-state index in [1.807, 2.05) is 4.90 Å². The summed E-state index contributed by atoms with van der Waals surface area (Å²) in [4.78, 5) is 10.2. The Morgan fingerprint density at radius 1 is 1.03 bits per heavy atom. The van der Waals surface area contributed by atoms with Gasteiger partial charge >= 0.3 is 6.18 Å². The maximum atomic E-state index is 14.2. The van der Waals surface area contributed by atoms with Gasteiger partial charge in [0.15, 0.2) is 5.03 Å². The van der Waals surface area contributed by atoms with Crippen LogP contribution in [0.15, 0.2) is 53.6 Å². The Morgan fingerprint density at radius 2 is 1.84 bits per heavy atom. The number of aliphatic hydroxyl groups excluding tert-OH is 1. The number of hydrogen-bond acceptors (Lipinski definition) is 6. The molecule has 0 amide bonds. The van der Waals surface area contributed by atoms with E-state index in [1.165, 1.54) is 24.3 Å².